The lowest BCUT2D eigenvalue weighted by Crippen LogP contribution is -2.48. The molecule has 4 aromatic carbocycles. The smallest absolute Gasteiger partial charge is 0.186 e. The first-order valence-electron chi connectivity index (χ1n) is 13.2. The molecule has 0 amide bonds. The summed E-state index contributed by atoms with van der Waals surface area (Å²) in [4.78, 5) is 45.8. The molecule has 0 saturated carbocycles. The molecule has 2 aliphatic heterocycles. The van der Waals surface area contributed by atoms with E-state index in [0.29, 0.717) is 39.3 Å². The third-order valence-electron chi connectivity index (χ3n) is 8.62. The van der Waals surface area contributed by atoms with Crippen molar-refractivity contribution in [3.8, 4) is 5.75 Å². The van der Waals surface area contributed by atoms with Gasteiger partial charge >= 0.3 is 0 Å². The molecule has 0 aromatic heterocycles. The number of carbonyl (C=O) groups excluding carboxylic acids is 3. The van der Waals surface area contributed by atoms with E-state index in [0.717, 1.165) is 4.47 Å². The molecule has 1 spiro atoms. The number of hydrogen-bond acceptors (Lipinski definition) is 5. The van der Waals surface area contributed by atoms with E-state index < -0.39 is 29.2 Å². The van der Waals surface area contributed by atoms with E-state index in [1.165, 1.54) is 19.2 Å². The normalized spacial score (nSPS) is 21.5. The fourth-order valence-corrected chi connectivity index (χ4v) is 7.20. The van der Waals surface area contributed by atoms with E-state index in [9.17, 15) is 18.8 Å². The van der Waals surface area contributed by atoms with Crippen LogP contribution in [0.4, 0.5) is 10.1 Å². The van der Waals surface area contributed by atoms with Crippen molar-refractivity contribution in [2.45, 2.75) is 18.0 Å². The maximum absolute atomic E-state index is 14.7. The van der Waals surface area contributed by atoms with Crippen LogP contribution in [0.1, 0.15) is 48.1 Å². The van der Waals surface area contributed by atoms with Crippen LogP contribution in [0.25, 0.3) is 6.08 Å². The number of Topliss-reactive ketones (excluding diaryl/α,β-unsaturated/α-hetero) is 3. The van der Waals surface area contributed by atoms with Crippen molar-refractivity contribution in [3.63, 3.8) is 0 Å². The second-order valence-corrected chi connectivity index (χ2v) is 11.5. The molecule has 1 saturated heterocycles. The maximum atomic E-state index is 14.7. The summed E-state index contributed by atoms with van der Waals surface area (Å²) >= 11 is 3.49. The molecule has 4 aromatic rings. The summed E-state index contributed by atoms with van der Waals surface area (Å²) in [6, 6.07) is 23.8. The number of ketones is 3. The van der Waals surface area contributed by atoms with Gasteiger partial charge in [-0.25, -0.2) is 4.39 Å². The van der Waals surface area contributed by atoms with Crippen molar-refractivity contribution in [2.24, 2.45) is 5.41 Å². The topological polar surface area (TPSA) is 63.7 Å². The molecule has 0 bridgehead atoms. The van der Waals surface area contributed by atoms with Crippen LogP contribution in [-0.2, 0) is 0 Å². The van der Waals surface area contributed by atoms with Crippen LogP contribution >= 0.6 is 15.9 Å². The average molecular weight is 608 g/mol. The highest BCUT2D eigenvalue weighted by atomic mass is 79.9. The van der Waals surface area contributed by atoms with Crippen molar-refractivity contribution in [1.82, 2.24) is 0 Å². The van der Waals surface area contributed by atoms with Crippen LogP contribution in [0.3, 0.4) is 0 Å². The molecular formula is C34H23BrFNO4. The Balaban J connectivity index is 1.54. The number of carbonyl (C=O) groups is 3. The van der Waals surface area contributed by atoms with Gasteiger partial charge < -0.3 is 9.64 Å². The highest BCUT2D eigenvalue weighted by Crippen LogP contribution is 2.61. The largest absolute Gasteiger partial charge is 0.497 e. The van der Waals surface area contributed by atoms with Gasteiger partial charge in [-0.05, 0) is 48.0 Å². The minimum absolute atomic E-state index is 0.263. The number of nitrogens with zero attached hydrogens (tertiary/aromatic N) is 1. The Kier molecular flexibility index (Phi) is 5.84. The number of halogens is 2. The van der Waals surface area contributed by atoms with Crippen molar-refractivity contribution in [2.75, 3.05) is 12.0 Å². The average Bonchev–Trinajstić information content (AvgIpc) is 3.43. The quantitative estimate of drug-likeness (QED) is 0.186. The molecule has 1 aliphatic carbocycles. The van der Waals surface area contributed by atoms with Gasteiger partial charge in [-0.2, -0.15) is 0 Å². The van der Waals surface area contributed by atoms with E-state index in [-0.39, 0.29) is 17.3 Å². The number of benzene rings is 4. The third kappa shape index (κ3) is 3.55. The van der Waals surface area contributed by atoms with Crippen LogP contribution in [0, 0.1) is 11.2 Å². The molecule has 1 fully saturated rings. The van der Waals surface area contributed by atoms with Crippen molar-refractivity contribution in [1.29, 1.82) is 0 Å². The van der Waals surface area contributed by atoms with E-state index in [1.54, 1.807) is 66.7 Å². The lowest BCUT2D eigenvalue weighted by atomic mass is 9.64. The highest BCUT2D eigenvalue weighted by molar-refractivity contribution is 9.10. The van der Waals surface area contributed by atoms with Crippen molar-refractivity contribution in [3.05, 3.63) is 135 Å². The van der Waals surface area contributed by atoms with Gasteiger partial charge in [0.2, 0.25) is 0 Å². The molecule has 7 rings (SSSR count). The Morgan fingerprint density at radius 1 is 0.902 bits per heavy atom. The van der Waals surface area contributed by atoms with Crippen molar-refractivity contribution < 1.29 is 23.5 Å². The zero-order valence-electron chi connectivity index (χ0n) is 21.9. The van der Waals surface area contributed by atoms with Crippen LogP contribution in [-0.4, -0.2) is 36.5 Å². The zero-order chi connectivity index (χ0) is 28.5. The highest BCUT2D eigenvalue weighted by Gasteiger charge is 2.71. The molecule has 202 valence electrons. The Bertz CT molecular complexity index is 1760. The van der Waals surface area contributed by atoms with Crippen LogP contribution in [0.5, 0.6) is 5.75 Å². The summed E-state index contributed by atoms with van der Waals surface area (Å²) in [5, 5.41) is 0. The molecule has 7 heteroatoms. The standard InChI is InChI=1S/C34H23BrFNO4/c1-41-24-6-4-5-21(18-24)31(38)30-29(19-9-12-22(35)13-10-19)34(32(39)25-7-2-3-8-26(25)33(34)40)28-16-11-20-17-23(36)14-15-27(20)37(28)30/h2-18,28-30H,1H3/t28-,29-,30-/m0/s1. The molecule has 41 heavy (non-hydrogen) atoms. The lowest BCUT2D eigenvalue weighted by Gasteiger charge is -2.37. The summed E-state index contributed by atoms with van der Waals surface area (Å²) in [5.74, 6) is -1.62. The first-order chi connectivity index (χ1) is 19.9. The van der Waals surface area contributed by atoms with Crippen LogP contribution in [0.2, 0.25) is 0 Å². The molecule has 0 N–H and O–H groups in total. The van der Waals surface area contributed by atoms with Gasteiger partial charge in [0.1, 0.15) is 23.0 Å². The summed E-state index contributed by atoms with van der Waals surface area (Å²) in [5.41, 5.74) is 1.35. The third-order valence-corrected chi connectivity index (χ3v) is 9.15. The molecule has 3 atom stereocenters. The molecule has 3 aliphatic rings. The van der Waals surface area contributed by atoms with Gasteiger partial charge in [-0.15, -0.1) is 0 Å². The number of anilines is 1. The van der Waals surface area contributed by atoms with E-state index in [1.807, 2.05) is 29.2 Å². The molecular weight excluding hydrogens is 585 g/mol. The predicted molar refractivity (Wildman–Crippen MR) is 157 cm³/mol. The van der Waals surface area contributed by atoms with Gasteiger partial charge in [0.15, 0.2) is 17.3 Å². The SMILES string of the molecule is COc1cccc(C(=O)[C@@H]2[C@H](c3ccc(Br)cc3)C3(C(=O)c4ccccc4C3=O)[C@@H]3C=Cc4cc(F)ccc4N23)c1. The summed E-state index contributed by atoms with van der Waals surface area (Å²) in [7, 11) is 1.53. The Morgan fingerprint density at radius 3 is 2.29 bits per heavy atom. The minimum Gasteiger partial charge on any atom is -0.497 e. The monoisotopic (exact) mass is 607 g/mol. The molecule has 2 heterocycles. The number of fused-ring (bicyclic) bond motifs is 5. The van der Waals surface area contributed by atoms with Crippen LogP contribution in [0.15, 0.2) is 102 Å². The molecule has 0 radical (unpaired) electrons. The number of ether oxygens (including phenoxy) is 1. The summed E-state index contributed by atoms with van der Waals surface area (Å²) < 4.78 is 20.6. The van der Waals surface area contributed by atoms with Gasteiger partial charge in [-0.1, -0.05) is 76.6 Å². The second kappa shape index (κ2) is 9.35. The Labute approximate surface area is 244 Å². The van der Waals surface area contributed by atoms with E-state index in [4.69, 9.17) is 4.74 Å². The van der Waals surface area contributed by atoms with Gasteiger partial charge in [-0.3, -0.25) is 14.4 Å². The maximum Gasteiger partial charge on any atom is 0.186 e. The van der Waals surface area contributed by atoms with E-state index in [2.05, 4.69) is 15.9 Å². The first-order valence-corrected chi connectivity index (χ1v) is 14.0. The second-order valence-electron chi connectivity index (χ2n) is 10.6. The number of hydrogen-bond donors (Lipinski definition) is 0. The fraction of sp³-hybridized carbons (Fsp3) is 0.147. The molecule has 5 nitrogen and oxygen atoms in total. The van der Waals surface area contributed by atoms with Gasteiger partial charge in [0.05, 0.1) is 13.2 Å². The first kappa shape index (κ1) is 25.6. The number of methoxy groups -OCH3 is 1. The Hall–Kier alpha value is -4.36. The number of rotatable bonds is 4. The van der Waals surface area contributed by atoms with Gasteiger partial charge in [0, 0.05) is 38.3 Å². The zero-order valence-corrected chi connectivity index (χ0v) is 23.5. The van der Waals surface area contributed by atoms with Crippen molar-refractivity contribution >= 4 is 45.0 Å². The minimum atomic E-state index is -1.61. The lowest BCUT2D eigenvalue weighted by molar-refractivity contribution is 0.0666. The predicted octanol–water partition coefficient (Wildman–Crippen LogP) is 6.91. The fourth-order valence-electron chi connectivity index (χ4n) is 6.94. The molecule has 0 unspecified atom stereocenters. The van der Waals surface area contributed by atoms with Crippen LogP contribution < -0.4 is 9.64 Å². The Morgan fingerprint density at radius 2 is 1.61 bits per heavy atom. The van der Waals surface area contributed by atoms with E-state index >= 15 is 0 Å². The summed E-state index contributed by atoms with van der Waals surface area (Å²) in [6.45, 7) is 0. The van der Waals surface area contributed by atoms with Gasteiger partial charge in [0.25, 0.3) is 0 Å². The summed E-state index contributed by atoms with van der Waals surface area (Å²) in [6.07, 6.45) is 3.54.